The van der Waals surface area contributed by atoms with E-state index in [1.807, 2.05) is 26.8 Å². The Morgan fingerprint density at radius 1 is 1.43 bits per heavy atom. The summed E-state index contributed by atoms with van der Waals surface area (Å²) in [4.78, 5) is 11.3. The Bertz CT molecular complexity index is 266. The maximum atomic E-state index is 11.3. The molecule has 0 radical (unpaired) electrons. The summed E-state index contributed by atoms with van der Waals surface area (Å²) in [5.41, 5.74) is 4.80. The van der Waals surface area contributed by atoms with Crippen LogP contribution >= 0.6 is 0 Å². The molecule has 5 heteroatoms. The molecule has 0 unspecified atom stereocenters. The number of carbonyl (C=O) groups is 1. The fourth-order valence-corrected chi connectivity index (χ4v) is 0.826. The molecule has 1 amide bonds. The van der Waals surface area contributed by atoms with Crippen LogP contribution in [0.4, 0.5) is 4.79 Å². The Balaban J connectivity index is 2.34. The van der Waals surface area contributed by atoms with Gasteiger partial charge in [-0.1, -0.05) is 0 Å². The van der Waals surface area contributed by atoms with E-state index in [1.165, 1.54) is 5.12 Å². The number of amides is 1. The van der Waals surface area contributed by atoms with Crippen LogP contribution in [0.1, 0.15) is 20.8 Å². The van der Waals surface area contributed by atoms with Gasteiger partial charge in [0.05, 0.1) is 0 Å². The van der Waals surface area contributed by atoms with Crippen molar-refractivity contribution in [2.45, 2.75) is 26.4 Å². The zero-order valence-corrected chi connectivity index (χ0v) is 8.57. The zero-order valence-electron chi connectivity index (χ0n) is 8.57. The van der Waals surface area contributed by atoms with Gasteiger partial charge in [0.25, 0.3) is 0 Å². The van der Waals surface area contributed by atoms with Crippen molar-refractivity contribution < 1.29 is 9.53 Å². The van der Waals surface area contributed by atoms with E-state index in [1.54, 1.807) is 18.5 Å². The molecule has 0 spiro atoms. The monoisotopic (exact) mass is 197 g/mol. The van der Waals surface area contributed by atoms with Crippen molar-refractivity contribution in [1.29, 1.82) is 0 Å². The smallest absolute Gasteiger partial charge is 0.428 e. The van der Waals surface area contributed by atoms with Crippen molar-refractivity contribution in [2.75, 3.05) is 0 Å². The standard InChI is InChI=1S/C9H15N3O2/c1-9(2,3)14-8(13)11-12-7-5-4-6-10-12/h4-7,10H,1-3H3,(H,11,13). The van der Waals surface area contributed by atoms with Crippen LogP contribution in [0.5, 0.6) is 0 Å². The first-order valence-corrected chi connectivity index (χ1v) is 4.36. The van der Waals surface area contributed by atoms with Crippen LogP contribution in [0.2, 0.25) is 0 Å². The maximum Gasteiger partial charge on any atom is 0.428 e. The molecule has 0 fully saturated rings. The molecule has 1 rings (SSSR count). The van der Waals surface area contributed by atoms with Crippen LogP contribution in [0.25, 0.3) is 0 Å². The second-order valence-electron chi connectivity index (χ2n) is 3.81. The van der Waals surface area contributed by atoms with Gasteiger partial charge < -0.3 is 4.74 Å². The number of rotatable bonds is 1. The molecule has 0 aliphatic carbocycles. The molecule has 1 aliphatic heterocycles. The molecule has 14 heavy (non-hydrogen) atoms. The zero-order chi connectivity index (χ0) is 10.6. The number of nitrogens with zero attached hydrogens (tertiary/aromatic N) is 1. The highest BCUT2D eigenvalue weighted by atomic mass is 16.6. The van der Waals surface area contributed by atoms with Crippen molar-refractivity contribution in [3.8, 4) is 0 Å². The second-order valence-corrected chi connectivity index (χ2v) is 3.81. The molecule has 0 aromatic rings. The van der Waals surface area contributed by atoms with Gasteiger partial charge in [-0.15, -0.1) is 0 Å². The van der Waals surface area contributed by atoms with E-state index in [2.05, 4.69) is 10.9 Å². The highest BCUT2D eigenvalue weighted by Gasteiger charge is 2.17. The van der Waals surface area contributed by atoms with Crippen molar-refractivity contribution in [3.05, 3.63) is 24.6 Å². The minimum absolute atomic E-state index is 0.487. The number of hydrogen-bond donors (Lipinski definition) is 2. The van der Waals surface area contributed by atoms with Crippen molar-refractivity contribution in [3.63, 3.8) is 0 Å². The summed E-state index contributed by atoms with van der Waals surface area (Å²) in [6.07, 6.45) is 6.47. The second kappa shape index (κ2) is 4.04. The van der Waals surface area contributed by atoms with Gasteiger partial charge in [-0.2, -0.15) is 0 Å². The van der Waals surface area contributed by atoms with E-state index in [0.29, 0.717) is 0 Å². The minimum Gasteiger partial charge on any atom is -0.443 e. The van der Waals surface area contributed by atoms with Crippen LogP contribution in [0, 0.1) is 0 Å². The molecular weight excluding hydrogens is 182 g/mol. The third-order valence-electron chi connectivity index (χ3n) is 1.27. The van der Waals surface area contributed by atoms with E-state index in [-0.39, 0.29) is 0 Å². The molecule has 1 heterocycles. The molecule has 2 N–H and O–H groups in total. The molecule has 0 bridgehead atoms. The van der Waals surface area contributed by atoms with E-state index in [4.69, 9.17) is 4.74 Å². The van der Waals surface area contributed by atoms with Gasteiger partial charge in [0.15, 0.2) is 0 Å². The van der Waals surface area contributed by atoms with Gasteiger partial charge in [-0.25, -0.2) is 15.3 Å². The van der Waals surface area contributed by atoms with E-state index < -0.39 is 11.7 Å². The lowest BCUT2D eigenvalue weighted by Gasteiger charge is -2.25. The summed E-state index contributed by atoms with van der Waals surface area (Å²) >= 11 is 0. The predicted octanol–water partition coefficient (Wildman–Crippen LogP) is 1.27. The average molecular weight is 197 g/mol. The quantitative estimate of drug-likeness (QED) is 0.664. The molecule has 0 aromatic carbocycles. The third kappa shape index (κ3) is 3.84. The van der Waals surface area contributed by atoms with Crippen molar-refractivity contribution >= 4 is 6.09 Å². The minimum atomic E-state index is -0.495. The molecular formula is C9H15N3O2. The number of hydrogen-bond acceptors (Lipinski definition) is 4. The molecule has 0 saturated carbocycles. The van der Waals surface area contributed by atoms with Crippen molar-refractivity contribution in [2.24, 2.45) is 0 Å². The Labute approximate surface area is 83.3 Å². The van der Waals surface area contributed by atoms with Gasteiger partial charge in [0.2, 0.25) is 0 Å². The van der Waals surface area contributed by atoms with Gasteiger partial charge in [-0.3, -0.25) is 5.43 Å². The average Bonchev–Trinajstić information content (AvgIpc) is 2.02. The van der Waals surface area contributed by atoms with Crippen LogP contribution < -0.4 is 10.9 Å². The third-order valence-corrected chi connectivity index (χ3v) is 1.27. The first-order chi connectivity index (χ1) is 6.47. The Hall–Kier alpha value is -1.65. The topological polar surface area (TPSA) is 53.6 Å². The number of nitrogens with one attached hydrogen (secondary N) is 2. The van der Waals surface area contributed by atoms with E-state index in [9.17, 15) is 4.79 Å². The first-order valence-electron chi connectivity index (χ1n) is 4.36. The van der Waals surface area contributed by atoms with Crippen LogP contribution in [-0.2, 0) is 4.74 Å². The summed E-state index contributed by atoms with van der Waals surface area (Å²) in [6, 6.07) is 0. The fourth-order valence-electron chi connectivity index (χ4n) is 0.826. The maximum absolute atomic E-state index is 11.3. The van der Waals surface area contributed by atoms with Crippen LogP contribution in [0.3, 0.4) is 0 Å². The number of allylic oxidation sites excluding steroid dienone is 2. The summed E-state index contributed by atoms with van der Waals surface area (Å²) in [5.74, 6) is 0. The normalized spacial score (nSPS) is 14.9. The van der Waals surface area contributed by atoms with E-state index in [0.717, 1.165) is 0 Å². The van der Waals surface area contributed by atoms with Gasteiger partial charge in [0, 0.05) is 12.4 Å². The Kier molecular flexibility index (Phi) is 3.01. The largest absolute Gasteiger partial charge is 0.443 e. The predicted molar refractivity (Wildman–Crippen MR) is 52.6 cm³/mol. The first kappa shape index (κ1) is 10.4. The highest BCUT2D eigenvalue weighted by molar-refractivity contribution is 5.67. The number of ether oxygens (including phenoxy) is 1. The molecule has 1 aliphatic rings. The summed E-state index contributed by atoms with van der Waals surface area (Å²) in [6.45, 7) is 5.43. The number of carbonyl (C=O) groups excluding carboxylic acids is 1. The lowest BCUT2D eigenvalue weighted by Crippen LogP contribution is -2.47. The summed E-state index contributed by atoms with van der Waals surface area (Å²) in [5, 5.41) is 1.41. The Morgan fingerprint density at radius 2 is 2.14 bits per heavy atom. The molecule has 0 aromatic heterocycles. The number of hydrazine groups is 2. The lowest BCUT2D eigenvalue weighted by molar-refractivity contribution is 0.0353. The van der Waals surface area contributed by atoms with Gasteiger partial charge in [0.1, 0.15) is 5.60 Å². The highest BCUT2D eigenvalue weighted by Crippen LogP contribution is 2.06. The van der Waals surface area contributed by atoms with Gasteiger partial charge in [-0.05, 0) is 32.9 Å². The molecule has 0 atom stereocenters. The van der Waals surface area contributed by atoms with Crippen LogP contribution in [0.15, 0.2) is 24.6 Å². The van der Waals surface area contributed by atoms with Gasteiger partial charge >= 0.3 is 6.09 Å². The van der Waals surface area contributed by atoms with Crippen LogP contribution in [-0.4, -0.2) is 16.8 Å². The summed E-state index contributed by atoms with van der Waals surface area (Å²) < 4.78 is 5.05. The SMILES string of the molecule is CC(C)(C)OC(=O)NN1C=CC=CN1. The van der Waals surface area contributed by atoms with E-state index >= 15 is 0 Å². The molecule has 5 nitrogen and oxygen atoms in total. The fraction of sp³-hybridized carbons (Fsp3) is 0.444. The molecule has 78 valence electrons. The summed E-state index contributed by atoms with van der Waals surface area (Å²) in [7, 11) is 0. The lowest BCUT2D eigenvalue weighted by atomic mass is 10.2. The molecule has 0 saturated heterocycles. The Morgan fingerprint density at radius 3 is 2.64 bits per heavy atom. The van der Waals surface area contributed by atoms with Crippen molar-refractivity contribution in [1.82, 2.24) is 16.0 Å².